The van der Waals surface area contributed by atoms with Gasteiger partial charge in [0, 0.05) is 13.6 Å². The van der Waals surface area contributed by atoms with Crippen LogP contribution in [-0.2, 0) is 6.54 Å². The minimum Gasteiger partial charge on any atom is -0.478 e. The Balaban J connectivity index is 2.26. The van der Waals surface area contributed by atoms with E-state index < -0.39 is 5.97 Å². The van der Waals surface area contributed by atoms with Crippen molar-refractivity contribution in [1.29, 1.82) is 5.26 Å². The number of rotatable bonds is 4. The Morgan fingerprint density at radius 1 is 1.24 bits per heavy atom. The Kier molecular flexibility index (Phi) is 4.24. The van der Waals surface area contributed by atoms with E-state index >= 15 is 0 Å². The summed E-state index contributed by atoms with van der Waals surface area (Å²) in [5.74, 6) is -1.03. The molecule has 1 N–H and O–H groups in total. The van der Waals surface area contributed by atoms with Crippen molar-refractivity contribution in [2.24, 2.45) is 0 Å². The first kappa shape index (κ1) is 14.6. The summed E-state index contributed by atoms with van der Waals surface area (Å²) in [4.78, 5) is 12.9. The number of aryl methyl sites for hydroxylation is 1. The highest BCUT2D eigenvalue weighted by Gasteiger charge is 2.11. The standard InChI is InChI=1S/C17H16N2O2/c1-12-3-5-13(6-4-12)11-19(2)16-8-7-14(17(20)21)9-15(16)10-18/h3-9H,11H2,1-2H3,(H,20,21). The molecular weight excluding hydrogens is 264 g/mol. The van der Waals surface area contributed by atoms with Crippen molar-refractivity contribution in [2.75, 3.05) is 11.9 Å². The molecule has 0 radical (unpaired) electrons. The molecule has 0 atom stereocenters. The van der Waals surface area contributed by atoms with E-state index in [1.807, 2.05) is 43.1 Å². The number of nitriles is 1. The normalized spacial score (nSPS) is 9.95. The Morgan fingerprint density at radius 3 is 2.48 bits per heavy atom. The van der Waals surface area contributed by atoms with E-state index in [1.54, 1.807) is 6.07 Å². The molecule has 0 aliphatic rings. The monoisotopic (exact) mass is 280 g/mol. The number of aromatic carboxylic acids is 1. The number of carboxylic acid groups (broad SMARTS) is 1. The number of benzene rings is 2. The van der Waals surface area contributed by atoms with Crippen molar-refractivity contribution < 1.29 is 9.90 Å². The molecule has 0 aromatic heterocycles. The average molecular weight is 280 g/mol. The van der Waals surface area contributed by atoms with Crippen LogP contribution < -0.4 is 4.90 Å². The molecule has 0 spiro atoms. The van der Waals surface area contributed by atoms with Gasteiger partial charge in [0.05, 0.1) is 16.8 Å². The Morgan fingerprint density at radius 2 is 1.90 bits per heavy atom. The van der Waals surface area contributed by atoms with Gasteiger partial charge in [0.2, 0.25) is 0 Å². The average Bonchev–Trinajstić information content (AvgIpc) is 2.48. The van der Waals surface area contributed by atoms with Crippen LogP contribution >= 0.6 is 0 Å². The zero-order chi connectivity index (χ0) is 15.4. The number of hydrogen-bond donors (Lipinski definition) is 1. The summed E-state index contributed by atoms with van der Waals surface area (Å²) in [7, 11) is 1.89. The minimum absolute atomic E-state index is 0.124. The molecule has 2 rings (SSSR count). The molecular formula is C17H16N2O2. The first-order valence-corrected chi connectivity index (χ1v) is 6.55. The lowest BCUT2D eigenvalue weighted by atomic mass is 10.1. The Bertz CT molecular complexity index is 700. The maximum Gasteiger partial charge on any atom is 0.335 e. The third-order valence-electron chi connectivity index (χ3n) is 3.32. The van der Waals surface area contributed by atoms with Gasteiger partial charge in [-0.1, -0.05) is 29.8 Å². The zero-order valence-corrected chi connectivity index (χ0v) is 12.0. The van der Waals surface area contributed by atoms with Crippen LogP contribution in [0.15, 0.2) is 42.5 Å². The highest BCUT2D eigenvalue weighted by atomic mass is 16.4. The van der Waals surface area contributed by atoms with Gasteiger partial charge in [-0.3, -0.25) is 0 Å². The molecule has 0 aliphatic carbocycles. The summed E-state index contributed by atoms with van der Waals surface area (Å²) < 4.78 is 0. The summed E-state index contributed by atoms with van der Waals surface area (Å²) in [5, 5.41) is 18.2. The van der Waals surface area contributed by atoms with Gasteiger partial charge in [0.15, 0.2) is 0 Å². The van der Waals surface area contributed by atoms with Crippen LogP contribution in [0.5, 0.6) is 0 Å². The third-order valence-corrected chi connectivity index (χ3v) is 3.32. The molecule has 2 aromatic carbocycles. The van der Waals surface area contributed by atoms with Crippen LogP contribution in [0.2, 0.25) is 0 Å². The second kappa shape index (κ2) is 6.10. The molecule has 0 saturated carbocycles. The van der Waals surface area contributed by atoms with Crippen LogP contribution in [0.1, 0.15) is 27.0 Å². The lowest BCUT2D eigenvalue weighted by Gasteiger charge is -2.21. The van der Waals surface area contributed by atoms with E-state index in [2.05, 4.69) is 6.07 Å². The van der Waals surface area contributed by atoms with E-state index in [4.69, 9.17) is 5.11 Å². The van der Waals surface area contributed by atoms with Gasteiger partial charge < -0.3 is 10.0 Å². The quantitative estimate of drug-likeness (QED) is 0.934. The number of hydrogen-bond acceptors (Lipinski definition) is 3. The van der Waals surface area contributed by atoms with Gasteiger partial charge in [-0.05, 0) is 30.7 Å². The molecule has 2 aromatic rings. The van der Waals surface area contributed by atoms with Crippen molar-refractivity contribution in [1.82, 2.24) is 0 Å². The lowest BCUT2D eigenvalue weighted by molar-refractivity contribution is 0.0697. The second-order valence-corrected chi connectivity index (χ2v) is 4.99. The molecule has 0 saturated heterocycles. The summed E-state index contributed by atoms with van der Waals surface area (Å²) in [6.45, 7) is 2.69. The Hall–Kier alpha value is -2.80. The molecule has 0 amide bonds. The maximum absolute atomic E-state index is 11.0. The molecule has 4 heteroatoms. The fraction of sp³-hybridized carbons (Fsp3) is 0.176. The fourth-order valence-corrected chi connectivity index (χ4v) is 2.14. The zero-order valence-electron chi connectivity index (χ0n) is 12.0. The molecule has 0 aliphatic heterocycles. The van der Waals surface area contributed by atoms with Crippen LogP contribution in [0.25, 0.3) is 0 Å². The predicted octanol–water partition coefficient (Wildman–Crippen LogP) is 3.20. The fourth-order valence-electron chi connectivity index (χ4n) is 2.14. The van der Waals surface area contributed by atoms with Gasteiger partial charge in [-0.2, -0.15) is 5.26 Å². The van der Waals surface area contributed by atoms with E-state index in [-0.39, 0.29) is 5.56 Å². The predicted molar refractivity (Wildman–Crippen MR) is 81.4 cm³/mol. The molecule has 106 valence electrons. The van der Waals surface area contributed by atoms with Crippen LogP contribution in [-0.4, -0.2) is 18.1 Å². The minimum atomic E-state index is -1.03. The van der Waals surface area contributed by atoms with Crippen molar-refractivity contribution in [3.8, 4) is 6.07 Å². The number of carboxylic acids is 1. The topological polar surface area (TPSA) is 64.3 Å². The number of anilines is 1. The molecule has 0 unspecified atom stereocenters. The van der Waals surface area contributed by atoms with E-state index in [1.165, 1.54) is 17.7 Å². The summed E-state index contributed by atoms with van der Waals surface area (Å²) in [5.41, 5.74) is 3.55. The van der Waals surface area contributed by atoms with Crippen molar-refractivity contribution in [3.63, 3.8) is 0 Å². The molecule has 4 nitrogen and oxygen atoms in total. The summed E-state index contributed by atoms with van der Waals surface area (Å²) in [6, 6.07) is 14.8. The van der Waals surface area contributed by atoms with Crippen molar-refractivity contribution in [2.45, 2.75) is 13.5 Å². The Labute approximate surface area is 123 Å². The van der Waals surface area contributed by atoms with E-state index in [9.17, 15) is 10.1 Å². The largest absolute Gasteiger partial charge is 0.478 e. The maximum atomic E-state index is 11.0. The van der Waals surface area contributed by atoms with Gasteiger partial charge in [-0.25, -0.2) is 4.79 Å². The summed E-state index contributed by atoms with van der Waals surface area (Å²) >= 11 is 0. The number of carbonyl (C=O) groups is 1. The molecule has 0 fully saturated rings. The molecule has 21 heavy (non-hydrogen) atoms. The molecule has 0 bridgehead atoms. The number of nitrogens with zero attached hydrogens (tertiary/aromatic N) is 2. The highest BCUT2D eigenvalue weighted by Crippen LogP contribution is 2.22. The second-order valence-electron chi connectivity index (χ2n) is 4.99. The van der Waals surface area contributed by atoms with Gasteiger partial charge in [-0.15, -0.1) is 0 Å². The SMILES string of the molecule is Cc1ccc(CN(C)c2ccc(C(=O)O)cc2C#N)cc1. The first-order valence-electron chi connectivity index (χ1n) is 6.55. The summed E-state index contributed by atoms with van der Waals surface area (Å²) in [6.07, 6.45) is 0. The molecule has 0 heterocycles. The third kappa shape index (κ3) is 3.40. The van der Waals surface area contributed by atoms with Crippen molar-refractivity contribution in [3.05, 3.63) is 64.7 Å². The van der Waals surface area contributed by atoms with E-state index in [0.29, 0.717) is 12.1 Å². The van der Waals surface area contributed by atoms with Crippen molar-refractivity contribution >= 4 is 11.7 Å². The van der Waals surface area contributed by atoms with Gasteiger partial charge >= 0.3 is 5.97 Å². The van der Waals surface area contributed by atoms with E-state index in [0.717, 1.165) is 11.3 Å². The lowest BCUT2D eigenvalue weighted by Crippen LogP contribution is -2.17. The van der Waals surface area contributed by atoms with Gasteiger partial charge in [0.1, 0.15) is 6.07 Å². The smallest absolute Gasteiger partial charge is 0.335 e. The van der Waals surface area contributed by atoms with Crippen LogP contribution in [0.4, 0.5) is 5.69 Å². The van der Waals surface area contributed by atoms with Crippen LogP contribution in [0.3, 0.4) is 0 Å². The highest BCUT2D eigenvalue weighted by molar-refractivity contribution is 5.89. The first-order chi connectivity index (χ1) is 10.0. The van der Waals surface area contributed by atoms with Crippen LogP contribution in [0, 0.1) is 18.3 Å². The van der Waals surface area contributed by atoms with Gasteiger partial charge in [0.25, 0.3) is 0 Å².